The fraction of sp³-hybridized carbons (Fsp3) is 0.176. The van der Waals surface area contributed by atoms with Gasteiger partial charge in [0, 0.05) is 0 Å². The van der Waals surface area contributed by atoms with Gasteiger partial charge in [-0.1, -0.05) is 49.4 Å². The number of benzene rings is 2. The second-order valence-electron chi connectivity index (χ2n) is 4.70. The Morgan fingerprint density at radius 3 is 2.14 bits per heavy atom. The van der Waals surface area contributed by atoms with Crippen molar-refractivity contribution in [2.24, 2.45) is 0 Å². The lowest BCUT2D eigenvalue weighted by atomic mass is 10.0. The second-order valence-corrected chi connectivity index (χ2v) is 4.70. The number of rotatable bonds is 5. The van der Waals surface area contributed by atoms with Gasteiger partial charge in [0.05, 0.1) is 17.2 Å². The minimum atomic E-state index is -1.10. The van der Waals surface area contributed by atoms with Crippen molar-refractivity contribution in [3.8, 4) is 0 Å². The Hall–Kier alpha value is -2.62. The van der Waals surface area contributed by atoms with Gasteiger partial charge in [-0.3, -0.25) is 4.79 Å². The van der Waals surface area contributed by atoms with E-state index in [-0.39, 0.29) is 23.1 Å². The van der Waals surface area contributed by atoms with E-state index in [1.165, 1.54) is 12.1 Å². The molecule has 0 aliphatic rings. The van der Waals surface area contributed by atoms with Crippen LogP contribution in [0.5, 0.6) is 0 Å². The van der Waals surface area contributed by atoms with E-state index in [1.54, 1.807) is 12.1 Å². The third-order valence-corrected chi connectivity index (χ3v) is 3.32. The average molecular weight is 283 g/mol. The van der Waals surface area contributed by atoms with E-state index in [4.69, 9.17) is 5.11 Å². The fourth-order valence-corrected chi connectivity index (χ4v) is 2.21. The molecule has 4 nitrogen and oxygen atoms in total. The molecule has 2 aromatic carbocycles. The first-order valence-electron chi connectivity index (χ1n) is 6.81. The van der Waals surface area contributed by atoms with Gasteiger partial charge in [0.15, 0.2) is 0 Å². The number of amides is 1. The normalized spacial score (nSPS) is 11.7. The number of hydrogen-bond acceptors (Lipinski definition) is 2. The van der Waals surface area contributed by atoms with Gasteiger partial charge in [-0.15, -0.1) is 0 Å². The predicted molar refractivity (Wildman–Crippen MR) is 80.3 cm³/mol. The lowest BCUT2D eigenvalue weighted by Crippen LogP contribution is -2.29. The van der Waals surface area contributed by atoms with Crippen LogP contribution in [0.4, 0.5) is 0 Å². The number of aromatic carboxylic acids is 1. The van der Waals surface area contributed by atoms with Crippen molar-refractivity contribution in [3.05, 3.63) is 71.3 Å². The summed E-state index contributed by atoms with van der Waals surface area (Å²) in [6.45, 7) is 1.97. The summed E-state index contributed by atoms with van der Waals surface area (Å²) in [6, 6.07) is 15.7. The smallest absolute Gasteiger partial charge is 0.336 e. The summed E-state index contributed by atoms with van der Waals surface area (Å²) in [5, 5.41) is 12.0. The lowest BCUT2D eigenvalue weighted by molar-refractivity contribution is 0.0690. The molecule has 0 heterocycles. The molecule has 1 amide bonds. The molecule has 0 saturated heterocycles. The third-order valence-electron chi connectivity index (χ3n) is 3.32. The summed E-state index contributed by atoms with van der Waals surface area (Å²) in [5.74, 6) is -1.47. The standard InChI is InChI=1S/C17H17NO3/c1-2-15(12-8-4-3-5-9-12)18-16(19)13-10-6-7-11-14(13)17(20)21/h3-11,15H,2H2,1H3,(H,18,19)(H,20,21). The number of nitrogens with one attached hydrogen (secondary N) is 1. The van der Waals surface area contributed by atoms with E-state index in [1.807, 2.05) is 37.3 Å². The van der Waals surface area contributed by atoms with Crippen LogP contribution in [0, 0.1) is 0 Å². The van der Waals surface area contributed by atoms with Gasteiger partial charge in [0.1, 0.15) is 0 Å². The van der Waals surface area contributed by atoms with Crippen LogP contribution in [0.25, 0.3) is 0 Å². The van der Waals surface area contributed by atoms with Crippen LogP contribution in [0.1, 0.15) is 45.7 Å². The zero-order valence-electron chi connectivity index (χ0n) is 11.7. The molecule has 4 heteroatoms. The maximum absolute atomic E-state index is 12.3. The molecule has 2 rings (SSSR count). The molecule has 0 aliphatic heterocycles. The molecule has 21 heavy (non-hydrogen) atoms. The Kier molecular flexibility index (Phi) is 4.72. The lowest BCUT2D eigenvalue weighted by Gasteiger charge is -2.18. The van der Waals surface area contributed by atoms with Crippen LogP contribution in [-0.4, -0.2) is 17.0 Å². The summed E-state index contributed by atoms with van der Waals surface area (Å²) < 4.78 is 0. The maximum Gasteiger partial charge on any atom is 0.336 e. The third kappa shape index (κ3) is 3.48. The Bertz CT molecular complexity index is 637. The van der Waals surface area contributed by atoms with Gasteiger partial charge in [-0.25, -0.2) is 4.79 Å². The van der Waals surface area contributed by atoms with E-state index in [2.05, 4.69) is 5.32 Å². The Balaban J connectivity index is 2.23. The fourth-order valence-electron chi connectivity index (χ4n) is 2.21. The molecule has 0 spiro atoms. The van der Waals surface area contributed by atoms with Gasteiger partial charge in [-0.2, -0.15) is 0 Å². The number of carbonyl (C=O) groups is 2. The first-order chi connectivity index (χ1) is 10.1. The molecule has 2 aromatic rings. The molecule has 108 valence electrons. The van der Waals surface area contributed by atoms with Crippen LogP contribution in [-0.2, 0) is 0 Å². The molecule has 0 aliphatic carbocycles. The second kappa shape index (κ2) is 6.70. The first kappa shape index (κ1) is 14.8. The van der Waals surface area contributed by atoms with Crippen LogP contribution in [0.3, 0.4) is 0 Å². The van der Waals surface area contributed by atoms with Crippen LogP contribution in [0.15, 0.2) is 54.6 Å². The quantitative estimate of drug-likeness (QED) is 0.885. The Morgan fingerprint density at radius 1 is 1.00 bits per heavy atom. The van der Waals surface area contributed by atoms with Crippen LogP contribution in [0.2, 0.25) is 0 Å². The molecule has 0 bridgehead atoms. The highest BCUT2D eigenvalue weighted by Gasteiger charge is 2.18. The van der Waals surface area contributed by atoms with E-state index < -0.39 is 5.97 Å². The topological polar surface area (TPSA) is 66.4 Å². The average Bonchev–Trinajstić information content (AvgIpc) is 2.53. The SMILES string of the molecule is CCC(NC(=O)c1ccccc1C(=O)O)c1ccccc1. The summed E-state index contributed by atoms with van der Waals surface area (Å²) in [6.07, 6.45) is 0.727. The van der Waals surface area contributed by atoms with E-state index in [0.717, 1.165) is 12.0 Å². The van der Waals surface area contributed by atoms with Crippen molar-refractivity contribution in [2.45, 2.75) is 19.4 Å². The van der Waals surface area contributed by atoms with Crippen molar-refractivity contribution < 1.29 is 14.7 Å². The Labute approximate surface area is 123 Å². The maximum atomic E-state index is 12.3. The number of carboxylic acid groups (broad SMARTS) is 1. The largest absolute Gasteiger partial charge is 0.478 e. The van der Waals surface area contributed by atoms with Crippen molar-refractivity contribution in [1.29, 1.82) is 0 Å². The summed E-state index contributed by atoms with van der Waals surface area (Å²) in [7, 11) is 0. The summed E-state index contributed by atoms with van der Waals surface area (Å²) >= 11 is 0. The van der Waals surface area contributed by atoms with Gasteiger partial charge in [0.25, 0.3) is 5.91 Å². The predicted octanol–water partition coefficient (Wildman–Crippen LogP) is 3.27. The van der Waals surface area contributed by atoms with Crippen molar-refractivity contribution in [3.63, 3.8) is 0 Å². The minimum absolute atomic E-state index is 0.0120. The highest BCUT2D eigenvalue weighted by Crippen LogP contribution is 2.17. The van der Waals surface area contributed by atoms with Crippen molar-refractivity contribution in [2.75, 3.05) is 0 Å². The molecule has 1 atom stereocenters. The zero-order chi connectivity index (χ0) is 15.2. The molecular weight excluding hydrogens is 266 g/mol. The van der Waals surface area contributed by atoms with Gasteiger partial charge < -0.3 is 10.4 Å². The molecule has 0 aromatic heterocycles. The van der Waals surface area contributed by atoms with Crippen molar-refractivity contribution >= 4 is 11.9 Å². The zero-order valence-corrected chi connectivity index (χ0v) is 11.7. The van der Waals surface area contributed by atoms with E-state index in [0.29, 0.717) is 0 Å². The molecule has 2 N–H and O–H groups in total. The van der Waals surface area contributed by atoms with Crippen LogP contribution < -0.4 is 5.32 Å². The molecule has 0 saturated carbocycles. The van der Waals surface area contributed by atoms with Gasteiger partial charge in [0.2, 0.25) is 0 Å². The van der Waals surface area contributed by atoms with Gasteiger partial charge in [-0.05, 0) is 24.1 Å². The van der Waals surface area contributed by atoms with Crippen molar-refractivity contribution in [1.82, 2.24) is 5.32 Å². The van der Waals surface area contributed by atoms with Gasteiger partial charge >= 0.3 is 5.97 Å². The Morgan fingerprint density at radius 2 is 1.57 bits per heavy atom. The minimum Gasteiger partial charge on any atom is -0.478 e. The molecule has 0 fully saturated rings. The monoisotopic (exact) mass is 283 g/mol. The summed E-state index contributed by atoms with van der Waals surface area (Å²) in [5.41, 5.74) is 1.19. The summed E-state index contributed by atoms with van der Waals surface area (Å²) in [4.78, 5) is 23.5. The van der Waals surface area contributed by atoms with E-state index in [9.17, 15) is 9.59 Å². The number of carboxylic acids is 1. The highest BCUT2D eigenvalue weighted by molar-refractivity contribution is 6.04. The molecule has 0 radical (unpaired) electrons. The van der Waals surface area contributed by atoms with E-state index >= 15 is 0 Å². The van der Waals surface area contributed by atoms with Crippen LogP contribution >= 0.6 is 0 Å². The molecular formula is C17H17NO3. The molecule has 1 unspecified atom stereocenters. The highest BCUT2D eigenvalue weighted by atomic mass is 16.4. The number of carbonyl (C=O) groups excluding carboxylic acids is 1. The first-order valence-corrected chi connectivity index (χ1v) is 6.81. The number of hydrogen-bond donors (Lipinski definition) is 2.